The Morgan fingerprint density at radius 3 is 2.40 bits per heavy atom. The lowest BCUT2D eigenvalue weighted by atomic mass is 9.88. The van der Waals surface area contributed by atoms with Crippen LogP contribution in [0.1, 0.15) is 70.9 Å². The maximum absolute atomic E-state index is 5.60. The third kappa shape index (κ3) is 5.90. The molecule has 0 amide bonds. The quantitative estimate of drug-likeness (QED) is 0.179. The number of nitrogens with zero attached hydrogens (tertiary/aromatic N) is 3. The van der Waals surface area contributed by atoms with E-state index in [-0.39, 0.29) is 6.17 Å². The average molecular weight is 735 g/mol. The molecule has 0 spiro atoms. The van der Waals surface area contributed by atoms with E-state index in [1.165, 1.54) is 72.5 Å². The van der Waals surface area contributed by atoms with E-state index in [9.17, 15) is 0 Å². The molecule has 6 aromatic carbocycles. The van der Waals surface area contributed by atoms with E-state index in [0.717, 1.165) is 61.2 Å². The van der Waals surface area contributed by atoms with Crippen LogP contribution in [0.25, 0.3) is 39.4 Å². The minimum atomic E-state index is -0.216. The van der Waals surface area contributed by atoms with Crippen LogP contribution in [-0.4, -0.2) is 16.9 Å². The van der Waals surface area contributed by atoms with Crippen LogP contribution in [0, 0.1) is 11.8 Å². The molecule has 4 nitrogen and oxygen atoms in total. The molecule has 1 aromatic heterocycles. The second-order valence-corrected chi connectivity index (χ2v) is 15.6. The largest absolute Gasteiger partial charge is 0.359 e. The molecular formula is C53H42N4. The Hall–Kier alpha value is -6.83. The molecule has 7 aromatic rings. The van der Waals surface area contributed by atoms with Gasteiger partial charge in [0.05, 0.1) is 17.7 Å². The number of aryl methyl sites for hydroxylation is 1. The van der Waals surface area contributed by atoms with Gasteiger partial charge in [0.15, 0.2) is 0 Å². The first-order valence-electron chi connectivity index (χ1n) is 20.3. The normalized spacial score (nSPS) is 16.7. The summed E-state index contributed by atoms with van der Waals surface area (Å²) in [6.07, 6.45) is 10.4. The Bertz CT molecular complexity index is 2860. The van der Waals surface area contributed by atoms with E-state index in [2.05, 4.69) is 184 Å². The van der Waals surface area contributed by atoms with Crippen molar-refractivity contribution in [1.82, 2.24) is 4.57 Å². The van der Waals surface area contributed by atoms with Crippen LogP contribution >= 0.6 is 0 Å². The van der Waals surface area contributed by atoms with Gasteiger partial charge in [-0.1, -0.05) is 139 Å². The number of fused-ring (bicyclic) bond motifs is 7. The first-order chi connectivity index (χ1) is 28.3. The number of amidine groups is 1. The van der Waals surface area contributed by atoms with E-state index in [1.807, 2.05) is 0 Å². The van der Waals surface area contributed by atoms with Gasteiger partial charge in [-0.05, 0) is 101 Å². The molecule has 11 rings (SSSR count). The summed E-state index contributed by atoms with van der Waals surface area (Å²) >= 11 is 0. The zero-order chi connectivity index (χ0) is 37.7. The van der Waals surface area contributed by atoms with Crippen LogP contribution in [0.15, 0.2) is 162 Å². The Morgan fingerprint density at radius 1 is 0.719 bits per heavy atom. The number of allylic oxidation sites excluding steroid dienone is 2. The van der Waals surface area contributed by atoms with Gasteiger partial charge in [0.2, 0.25) is 0 Å². The number of nitrogens with one attached hydrogen (secondary N) is 1. The molecule has 4 aliphatic rings. The number of hydrogen-bond acceptors (Lipinski definition) is 3. The highest BCUT2D eigenvalue weighted by Gasteiger charge is 2.35. The van der Waals surface area contributed by atoms with E-state index in [4.69, 9.17) is 4.99 Å². The standard InChI is InChI=1S/C53H42N4/c1-4-16-36(17-5-1)32-37-18-14-22-39(33-37)40-23-15-24-42(34-40)57-49-29-13-11-26-44(49)46-31-30-45-43-25-9-3-8-21-41(43)35-56(50(45)51(46)57)53-47-27-10-12-28-48(47)54-52(55-53)38-19-6-2-7-20-38/h1-2,4-7,10,12-20,22-24,27-31,33-34,52,54H,3,9,11,25-26,32,35H2. The molecule has 1 atom stereocenters. The SMILES string of the molecule is C1#CC2=C(CCC1)c1ccc3c4c(n(-c5cccc(-c6cccc(Cc7ccccc7)c6)c5)c3c1N(C1=NC(c3ccccc3)Nc3ccccc31)C2)C=CCC4. The summed E-state index contributed by atoms with van der Waals surface area (Å²) in [5.74, 6) is 8.14. The molecule has 1 unspecified atom stereocenters. The second kappa shape index (κ2) is 14.0. The highest BCUT2D eigenvalue weighted by atomic mass is 15.3. The summed E-state index contributed by atoms with van der Waals surface area (Å²) in [4.78, 5) is 8.11. The monoisotopic (exact) mass is 734 g/mol. The van der Waals surface area contributed by atoms with Crippen molar-refractivity contribution in [2.45, 2.75) is 44.7 Å². The Kier molecular flexibility index (Phi) is 8.25. The number of rotatable bonds is 5. The molecule has 3 heterocycles. The predicted molar refractivity (Wildman–Crippen MR) is 237 cm³/mol. The van der Waals surface area contributed by atoms with Gasteiger partial charge in [-0.3, -0.25) is 0 Å². The molecule has 0 saturated heterocycles. The van der Waals surface area contributed by atoms with Gasteiger partial charge in [0.1, 0.15) is 12.0 Å². The summed E-state index contributed by atoms with van der Waals surface area (Å²) in [5.41, 5.74) is 18.6. The molecular weight excluding hydrogens is 693 g/mol. The van der Waals surface area contributed by atoms with Crippen LogP contribution in [-0.2, 0) is 12.8 Å². The van der Waals surface area contributed by atoms with Crippen LogP contribution in [0.3, 0.4) is 0 Å². The molecule has 4 heteroatoms. The Balaban J connectivity index is 1.14. The van der Waals surface area contributed by atoms with Crippen LogP contribution in [0.5, 0.6) is 0 Å². The van der Waals surface area contributed by atoms with Gasteiger partial charge in [-0.25, -0.2) is 4.99 Å². The number of anilines is 2. The van der Waals surface area contributed by atoms with Gasteiger partial charge in [-0.2, -0.15) is 0 Å². The Labute approximate surface area is 334 Å². The first-order valence-corrected chi connectivity index (χ1v) is 20.3. The lowest BCUT2D eigenvalue weighted by molar-refractivity contribution is 0.817. The van der Waals surface area contributed by atoms with Crippen molar-refractivity contribution in [3.8, 4) is 28.7 Å². The average Bonchev–Trinajstić information content (AvgIpc) is 3.42. The maximum Gasteiger partial charge on any atom is 0.147 e. The van der Waals surface area contributed by atoms with Crippen molar-refractivity contribution in [3.05, 3.63) is 196 Å². The van der Waals surface area contributed by atoms with Gasteiger partial charge in [-0.15, -0.1) is 0 Å². The highest BCUT2D eigenvalue weighted by molar-refractivity contribution is 6.20. The fourth-order valence-corrected chi connectivity index (χ4v) is 9.39. The van der Waals surface area contributed by atoms with Crippen molar-refractivity contribution in [1.29, 1.82) is 0 Å². The summed E-state index contributed by atoms with van der Waals surface area (Å²) in [6, 6.07) is 53.0. The molecule has 2 aliphatic carbocycles. The molecule has 2 aliphatic heterocycles. The minimum absolute atomic E-state index is 0.216. The lowest BCUT2D eigenvalue weighted by Crippen LogP contribution is -2.39. The third-order valence-electron chi connectivity index (χ3n) is 12.0. The molecule has 0 bridgehead atoms. The van der Waals surface area contributed by atoms with E-state index in [1.54, 1.807) is 0 Å². The zero-order valence-electron chi connectivity index (χ0n) is 31.9. The van der Waals surface area contributed by atoms with Crippen molar-refractivity contribution in [2.75, 3.05) is 16.8 Å². The first kappa shape index (κ1) is 33.5. The number of hydrogen-bond donors (Lipinski definition) is 1. The minimum Gasteiger partial charge on any atom is -0.359 e. The predicted octanol–water partition coefficient (Wildman–Crippen LogP) is 12.2. The summed E-state index contributed by atoms with van der Waals surface area (Å²) in [7, 11) is 0. The second-order valence-electron chi connectivity index (χ2n) is 15.6. The van der Waals surface area contributed by atoms with Crippen LogP contribution in [0.2, 0.25) is 0 Å². The van der Waals surface area contributed by atoms with Gasteiger partial charge in [0, 0.05) is 45.6 Å². The zero-order valence-corrected chi connectivity index (χ0v) is 31.9. The van der Waals surface area contributed by atoms with Crippen molar-refractivity contribution in [3.63, 3.8) is 0 Å². The number of aliphatic imine (C=N–C) groups is 1. The summed E-state index contributed by atoms with van der Waals surface area (Å²) < 4.78 is 2.56. The van der Waals surface area contributed by atoms with Gasteiger partial charge < -0.3 is 14.8 Å². The smallest absolute Gasteiger partial charge is 0.147 e. The van der Waals surface area contributed by atoms with Crippen LogP contribution in [0.4, 0.5) is 11.4 Å². The summed E-state index contributed by atoms with van der Waals surface area (Å²) in [6.45, 7) is 0.684. The fourth-order valence-electron chi connectivity index (χ4n) is 9.39. The van der Waals surface area contributed by atoms with Crippen molar-refractivity contribution in [2.24, 2.45) is 4.99 Å². The maximum atomic E-state index is 5.60. The Morgan fingerprint density at radius 2 is 1.51 bits per heavy atom. The van der Waals surface area contributed by atoms with Gasteiger partial charge in [0.25, 0.3) is 0 Å². The van der Waals surface area contributed by atoms with Gasteiger partial charge >= 0.3 is 0 Å². The fraction of sp³-hybridized carbons (Fsp3) is 0.151. The van der Waals surface area contributed by atoms with Crippen molar-refractivity contribution >= 4 is 39.8 Å². The van der Waals surface area contributed by atoms with Crippen molar-refractivity contribution < 1.29 is 0 Å². The molecule has 57 heavy (non-hydrogen) atoms. The topological polar surface area (TPSA) is 32.6 Å². The van der Waals surface area contributed by atoms with E-state index >= 15 is 0 Å². The molecule has 274 valence electrons. The number of para-hydroxylation sites is 1. The number of benzene rings is 6. The molecule has 1 N–H and O–H groups in total. The lowest BCUT2D eigenvalue weighted by Gasteiger charge is -2.38. The number of aromatic nitrogens is 1. The van der Waals surface area contributed by atoms with E-state index in [0.29, 0.717) is 6.54 Å². The highest BCUT2D eigenvalue weighted by Crippen LogP contribution is 2.48. The molecule has 0 fully saturated rings. The summed E-state index contributed by atoms with van der Waals surface area (Å²) in [5, 5.41) is 5.08. The molecule has 0 saturated carbocycles. The van der Waals surface area contributed by atoms with E-state index < -0.39 is 0 Å². The van der Waals surface area contributed by atoms with Crippen LogP contribution < -0.4 is 10.2 Å². The third-order valence-corrected chi connectivity index (χ3v) is 12.0. The molecule has 0 radical (unpaired) electrons.